The first-order valence-corrected chi connectivity index (χ1v) is 7.74. The van der Waals surface area contributed by atoms with Crippen LogP contribution in [0.3, 0.4) is 0 Å². The van der Waals surface area contributed by atoms with E-state index in [2.05, 4.69) is 5.32 Å². The second kappa shape index (κ2) is 9.08. The van der Waals surface area contributed by atoms with E-state index in [-0.39, 0.29) is 11.5 Å². The van der Waals surface area contributed by atoms with Gasteiger partial charge in [0, 0.05) is 12.6 Å². The molecule has 6 heteroatoms. The van der Waals surface area contributed by atoms with Gasteiger partial charge in [0.05, 0.1) is 6.26 Å². The summed E-state index contributed by atoms with van der Waals surface area (Å²) in [4.78, 5) is 23.6. The first-order chi connectivity index (χ1) is 12.1. The highest BCUT2D eigenvalue weighted by atomic mass is 16.5. The fourth-order valence-corrected chi connectivity index (χ4v) is 2.08. The van der Waals surface area contributed by atoms with Gasteiger partial charge in [-0.2, -0.15) is 5.26 Å². The molecule has 25 heavy (non-hydrogen) atoms. The summed E-state index contributed by atoms with van der Waals surface area (Å²) in [6.45, 7) is 1.97. The molecule has 128 valence electrons. The number of rotatable bonds is 7. The monoisotopic (exact) mass is 338 g/mol. The first kappa shape index (κ1) is 18.0. The molecule has 0 unspecified atom stereocenters. The van der Waals surface area contributed by atoms with Crippen LogP contribution in [0.4, 0.5) is 0 Å². The van der Waals surface area contributed by atoms with E-state index in [4.69, 9.17) is 14.4 Å². The summed E-state index contributed by atoms with van der Waals surface area (Å²) in [5, 5.41) is 11.7. The summed E-state index contributed by atoms with van der Waals surface area (Å²) >= 11 is 0. The zero-order chi connectivity index (χ0) is 18.1. The zero-order valence-corrected chi connectivity index (χ0v) is 13.8. The molecule has 0 bridgehead atoms. The van der Waals surface area contributed by atoms with Gasteiger partial charge in [0.2, 0.25) is 0 Å². The van der Waals surface area contributed by atoms with Crippen LogP contribution in [0.2, 0.25) is 0 Å². The highest BCUT2D eigenvalue weighted by Gasteiger charge is 2.14. The van der Waals surface area contributed by atoms with Gasteiger partial charge in [0.1, 0.15) is 17.4 Å². The van der Waals surface area contributed by atoms with Crippen LogP contribution in [0.15, 0.2) is 58.7 Å². The van der Waals surface area contributed by atoms with Gasteiger partial charge < -0.3 is 14.5 Å². The van der Waals surface area contributed by atoms with Gasteiger partial charge in [-0.1, -0.05) is 37.3 Å². The molecule has 6 nitrogen and oxygen atoms in total. The third kappa shape index (κ3) is 5.66. The molecule has 0 fully saturated rings. The summed E-state index contributed by atoms with van der Waals surface area (Å²) < 4.78 is 9.89. The van der Waals surface area contributed by atoms with E-state index in [1.807, 2.05) is 37.3 Å². The maximum atomic E-state index is 11.8. The Kier molecular flexibility index (Phi) is 6.55. The topological polar surface area (TPSA) is 92.3 Å². The van der Waals surface area contributed by atoms with Crippen molar-refractivity contribution in [2.75, 3.05) is 13.2 Å². The molecule has 0 aliphatic heterocycles. The Morgan fingerprint density at radius 3 is 2.68 bits per heavy atom. The van der Waals surface area contributed by atoms with E-state index in [9.17, 15) is 9.59 Å². The van der Waals surface area contributed by atoms with Crippen LogP contribution in [-0.4, -0.2) is 25.0 Å². The molecule has 2 aromatic rings. The highest BCUT2D eigenvalue weighted by molar-refractivity contribution is 5.98. The minimum atomic E-state index is -0.870. The lowest BCUT2D eigenvalue weighted by molar-refractivity contribution is -0.144. The van der Waals surface area contributed by atoms with Crippen molar-refractivity contribution in [1.29, 1.82) is 5.26 Å². The molecule has 1 atom stereocenters. The third-order valence-corrected chi connectivity index (χ3v) is 3.48. The van der Waals surface area contributed by atoms with Gasteiger partial charge in [0.15, 0.2) is 6.61 Å². The molecule has 0 radical (unpaired) electrons. The number of amides is 1. The summed E-state index contributed by atoms with van der Waals surface area (Å²) in [6.07, 6.45) is 2.69. The van der Waals surface area contributed by atoms with Gasteiger partial charge >= 0.3 is 5.97 Å². The Bertz CT molecular complexity index is 774. The molecule has 0 aliphatic carbocycles. The second-order valence-electron chi connectivity index (χ2n) is 5.38. The summed E-state index contributed by atoms with van der Waals surface area (Å²) in [5.41, 5.74) is 0.869. The number of nitriles is 1. The zero-order valence-electron chi connectivity index (χ0n) is 13.8. The normalized spacial score (nSPS) is 12.1. The lowest BCUT2D eigenvalue weighted by atomic mass is 10.0. The van der Waals surface area contributed by atoms with E-state index in [1.165, 1.54) is 12.3 Å². The molecule has 0 spiro atoms. The molecule has 1 aromatic heterocycles. The lowest BCUT2D eigenvalue weighted by Crippen LogP contribution is -2.31. The first-order valence-electron chi connectivity index (χ1n) is 7.74. The quantitative estimate of drug-likeness (QED) is 0.476. The minimum Gasteiger partial charge on any atom is -0.465 e. The molecule has 0 aliphatic rings. The average molecular weight is 338 g/mol. The van der Waals surface area contributed by atoms with Crippen molar-refractivity contribution >= 4 is 18.0 Å². The van der Waals surface area contributed by atoms with Gasteiger partial charge in [0.25, 0.3) is 5.91 Å². The number of furan rings is 1. The van der Waals surface area contributed by atoms with Crippen LogP contribution < -0.4 is 5.32 Å². The number of ether oxygens (including phenoxy) is 1. The molecule has 0 saturated carbocycles. The van der Waals surface area contributed by atoms with Crippen LogP contribution in [0, 0.1) is 11.3 Å². The Hall–Kier alpha value is -3.33. The molecule has 1 N–H and O–H groups in total. The van der Waals surface area contributed by atoms with Crippen molar-refractivity contribution in [3.63, 3.8) is 0 Å². The smallest absolute Gasteiger partial charge is 0.349 e. The largest absolute Gasteiger partial charge is 0.465 e. The number of nitrogens with zero attached hydrogens (tertiary/aromatic N) is 1. The SMILES string of the molecule is C[C@H](CNC(=O)COC(=O)/C(C#N)=C/c1ccco1)c1ccccc1. The third-order valence-electron chi connectivity index (χ3n) is 3.48. The van der Waals surface area contributed by atoms with Crippen LogP contribution >= 0.6 is 0 Å². The number of hydrogen-bond acceptors (Lipinski definition) is 5. The van der Waals surface area contributed by atoms with Gasteiger partial charge in [-0.05, 0) is 23.6 Å². The van der Waals surface area contributed by atoms with Gasteiger partial charge in [-0.25, -0.2) is 4.79 Å². The molecule has 1 aromatic carbocycles. The van der Waals surface area contributed by atoms with Crippen LogP contribution in [0.1, 0.15) is 24.2 Å². The van der Waals surface area contributed by atoms with Crippen molar-refractivity contribution in [3.8, 4) is 6.07 Å². The van der Waals surface area contributed by atoms with Crippen molar-refractivity contribution in [3.05, 3.63) is 65.6 Å². The van der Waals surface area contributed by atoms with Crippen LogP contribution in [0.25, 0.3) is 6.08 Å². The minimum absolute atomic E-state index is 0.134. The molecule has 1 amide bonds. The van der Waals surface area contributed by atoms with E-state index in [0.717, 1.165) is 5.56 Å². The predicted octanol–water partition coefficient (Wildman–Crippen LogP) is 2.65. The standard InChI is InChI=1S/C19H18N2O4/c1-14(15-6-3-2-4-7-15)12-21-18(22)13-25-19(23)16(11-20)10-17-8-5-9-24-17/h2-10,14H,12-13H2,1H3,(H,21,22)/b16-10+/t14-/m1/s1. The highest BCUT2D eigenvalue weighted by Crippen LogP contribution is 2.13. The molecule has 0 saturated heterocycles. The molecular weight excluding hydrogens is 320 g/mol. The van der Waals surface area contributed by atoms with Gasteiger partial charge in [-0.15, -0.1) is 0 Å². The number of hydrogen-bond donors (Lipinski definition) is 1. The molecular formula is C19H18N2O4. The summed E-state index contributed by atoms with van der Waals surface area (Å²) in [7, 11) is 0. The predicted molar refractivity (Wildman–Crippen MR) is 91.1 cm³/mol. The van der Waals surface area contributed by atoms with E-state index >= 15 is 0 Å². The maximum absolute atomic E-state index is 11.8. The van der Waals surface area contributed by atoms with Crippen molar-refractivity contribution in [1.82, 2.24) is 5.32 Å². The lowest BCUT2D eigenvalue weighted by Gasteiger charge is -2.13. The Morgan fingerprint density at radius 2 is 2.04 bits per heavy atom. The van der Waals surface area contributed by atoms with Crippen molar-refractivity contribution < 1.29 is 18.7 Å². The van der Waals surface area contributed by atoms with Crippen molar-refractivity contribution in [2.24, 2.45) is 0 Å². The number of carbonyl (C=O) groups excluding carboxylic acids is 2. The van der Waals surface area contributed by atoms with E-state index in [1.54, 1.807) is 18.2 Å². The second-order valence-corrected chi connectivity index (χ2v) is 5.38. The van der Waals surface area contributed by atoms with Crippen molar-refractivity contribution in [2.45, 2.75) is 12.8 Å². The fraction of sp³-hybridized carbons (Fsp3) is 0.211. The van der Waals surface area contributed by atoms with E-state index < -0.39 is 18.5 Å². The Morgan fingerprint density at radius 1 is 1.28 bits per heavy atom. The Balaban J connectivity index is 1.79. The summed E-state index contributed by atoms with van der Waals surface area (Å²) in [5.74, 6) is -0.805. The number of esters is 1. The van der Waals surface area contributed by atoms with Crippen LogP contribution in [-0.2, 0) is 14.3 Å². The fourth-order valence-electron chi connectivity index (χ4n) is 2.08. The molecule has 2 rings (SSSR count). The maximum Gasteiger partial charge on any atom is 0.349 e. The Labute approximate surface area is 145 Å². The number of nitrogens with one attached hydrogen (secondary N) is 1. The summed E-state index contributed by atoms with van der Waals surface area (Å²) in [6, 6.07) is 14.7. The number of carbonyl (C=O) groups is 2. The van der Waals surface area contributed by atoms with Crippen LogP contribution in [0.5, 0.6) is 0 Å². The number of benzene rings is 1. The van der Waals surface area contributed by atoms with E-state index in [0.29, 0.717) is 12.3 Å². The molecule has 1 heterocycles. The van der Waals surface area contributed by atoms with Gasteiger partial charge in [-0.3, -0.25) is 4.79 Å². The average Bonchev–Trinajstić information content (AvgIpc) is 3.16.